The fraction of sp³-hybridized carbons (Fsp3) is 0.600. The van der Waals surface area contributed by atoms with Gasteiger partial charge in [-0.1, -0.05) is 6.92 Å². The monoisotopic (exact) mass is 193 g/mol. The molecule has 76 valence electrons. The molecule has 4 nitrogen and oxygen atoms in total. The lowest BCUT2D eigenvalue weighted by Crippen LogP contribution is -2.42. The molecule has 0 bridgehead atoms. The van der Waals surface area contributed by atoms with E-state index >= 15 is 0 Å². The van der Waals surface area contributed by atoms with Gasteiger partial charge in [0.1, 0.15) is 0 Å². The summed E-state index contributed by atoms with van der Waals surface area (Å²) in [6.45, 7) is 3.79. The molecule has 1 saturated heterocycles. The summed E-state index contributed by atoms with van der Waals surface area (Å²) in [6.07, 6.45) is 2.33. The van der Waals surface area contributed by atoms with Crippen LogP contribution in [0.5, 0.6) is 0 Å². The van der Waals surface area contributed by atoms with Crippen molar-refractivity contribution < 1.29 is 5.11 Å². The topological polar surface area (TPSA) is 49.2 Å². The Kier molecular flexibility index (Phi) is 2.63. The molecular weight excluding hydrogens is 178 g/mol. The third-order valence-electron chi connectivity index (χ3n) is 2.74. The van der Waals surface area contributed by atoms with Crippen LogP contribution >= 0.6 is 0 Å². The first-order valence-corrected chi connectivity index (χ1v) is 4.98. The normalized spacial score (nSPS) is 27.7. The van der Waals surface area contributed by atoms with Gasteiger partial charge in [0, 0.05) is 19.3 Å². The predicted octanol–water partition coefficient (Wildman–Crippen LogP) is 0.684. The van der Waals surface area contributed by atoms with Crippen LogP contribution in [0, 0.1) is 5.92 Å². The lowest BCUT2D eigenvalue weighted by atomic mass is 9.97. The van der Waals surface area contributed by atoms with Crippen LogP contribution in [-0.2, 0) is 0 Å². The molecule has 1 aromatic heterocycles. The van der Waals surface area contributed by atoms with Crippen LogP contribution in [-0.4, -0.2) is 34.5 Å². The van der Waals surface area contributed by atoms with E-state index < -0.39 is 0 Å². The number of hydrogen-bond donors (Lipinski definition) is 1. The van der Waals surface area contributed by atoms with E-state index in [1.165, 1.54) is 0 Å². The molecule has 1 N–H and O–H groups in total. The Morgan fingerprint density at radius 1 is 1.57 bits per heavy atom. The van der Waals surface area contributed by atoms with Crippen molar-refractivity contribution in [2.75, 3.05) is 18.0 Å². The molecule has 2 rings (SSSR count). The molecular formula is C10H15N3O. The summed E-state index contributed by atoms with van der Waals surface area (Å²) in [6, 6.07) is 3.84. The third-order valence-corrected chi connectivity index (χ3v) is 2.74. The van der Waals surface area contributed by atoms with E-state index in [1.54, 1.807) is 6.20 Å². The molecule has 1 fully saturated rings. The van der Waals surface area contributed by atoms with Gasteiger partial charge in [-0.2, -0.15) is 5.10 Å². The fourth-order valence-electron chi connectivity index (χ4n) is 1.80. The quantitative estimate of drug-likeness (QED) is 0.712. The summed E-state index contributed by atoms with van der Waals surface area (Å²) in [7, 11) is 0. The molecule has 0 spiro atoms. The Morgan fingerprint density at radius 2 is 2.43 bits per heavy atom. The molecule has 2 atom stereocenters. The number of nitrogens with zero attached hydrogens (tertiary/aromatic N) is 3. The Labute approximate surface area is 83.6 Å². The highest BCUT2D eigenvalue weighted by Crippen LogP contribution is 2.20. The molecule has 2 unspecified atom stereocenters. The Balaban J connectivity index is 2.07. The van der Waals surface area contributed by atoms with Crippen molar-refractivity contribution in [1.82, 2.24) is 10.2 Å². The number of hydrogen-bond acceptors (Lipinski definition) is 4. The van der Waals surface area contributed by atoms with Crippen LogP contribution in [0.2, 0.25) is 0 Å². The zero-order valence-electron chi connectivity index (χ0n) is 8.30. The molecule has 0 aliphatic carbocycles. The second-order valence-corrected chi connectivity index (χ2v) is 3.86. The van der Waals surface area contributed by atoms with Crippen molar-refractivity contribution in [2.24, 2.45) is 5.92 Å². The van der Waals surface area contributed by atoms with Crippen LogP contribution in [0.1, 0.15) is 13.3 Å². The van der Waals surface area contributed by atoms with Gasteiger partial charge in [-0.3, -0.25) is 0 Å². The largest absolute Gasteiger partial charge is 0.393 e. The van der Waals surface area contributed by atoms with Gasteiger partial charge in [-0.05, 0) is 24.5 Å². The van der Waals surface area contributed by atoms with Crippen LogP contribution in [0.25, 0.3) is 0 Å². The molecule has 0 radical (unpaired) electrons. The van der Waals surface area contributed by atoms with Crippen LogP contribution in [0.15, 0.2) is 18.3 Å². The van der Waals surface area contributed by atoms with Crippen LogP contribution < -0.4 is 4.90 Å². The van der Waals surface area contributed by atoms with Crippen molar-refractivity contribution in [3.63, 3.8) is 0 Å². The Hall–Kier alpha value is -1.16. The minimum absolute atomic E-state index is 0.164. The molecule has 4 heteroatoms. The maximum Gasteiger partial charge on any atom is 0.151 e. The average Bonchev–Trinajstić information content (AvgIpc) is 2.23. The number of aromatic nitrogens is 2. The maximum absolute atomic E-state index is 9.58. The summed E-state index contributed by atoms with van der Waals surface area (Å²) in [5.74, 6) is 1.22. The Morgan fingerprint density at radius 3 is 3.07 bits per heavy atom. The molecule has 0 aromatic carbocycles. The summed E-state index contributed by atoms with van der Waals surface area (Å²) in [5.41, 5.74) is 0. The van der Waals surface area contributed by atoms with Crippen molar-refractivity contribution >= 4 is 5.82 Å². The SMILES string of the molecule is CC1CN(c2cccnn2)CCC1O. The van der Waals surface area contributed by atoms with Gasteiger partial charge in [-0.25, -0.2) is 0 Å². The highest BCUT2D eigenvalue weighted by molar-refractivity contribution is 5.36. The first-order chi connectivity index (χ1) is 6.77. The van der Waals surface area contributed by atoms with Gasteiger partial charge in [0.2, 0.25) is 0 Å². The van der Waals surface area contributed by atoms with E-state index in [2.05, 4.69) is 22.0 Å². The van der Waals surface area contributed by atoms with Gasteiger partial charge < -0.3 is 10.0 Å². The standard InChI is InChI=1S/C10H15N3O/c1-8-7-13(6-4-9(8)14)10-3-2-5-11-12-10/h2-3,5,8-9,14H,4,6-7H2,1H3. The number of rotatable bonds is 1. The average molecular weight is 193 g/mol. The number of aliphatic hydroxyl groups excluding tert-OH is 1. The van der Waals surface area contributed by atoms with Crippen molar-refractivity contribution in [2.45, 2.75) is 19.4 Å². The van der Waals surface area contributed by atoms with E-state index in [-0.39, 0.29) is 6.10 Å². The number of piperidine rings is 1. The van der Waals surface area contributed by atoms with Crippen LogP contribution in [0.4, 0.5) is 5.82 Å². The zero-order valence-corrected chi connectivity index (χ0v) is 8.30. The predicted molar refractivity (Wildman–Crippen MR) is 54.0 cm³/mol. The summed E-state index contributed by atoms with van der Waals surface area (Å²) in [5, 5.41) is 17.5. The summed E-state index contributed by atoms with van der Waals surface area (Å²) in [4.78, 5) is 2.17. The molecule has 1 aliphatic rings. The van der Waals surface area contributed by atoms with Gasteiger partial charge in [0.05, 0.1) is 6.10 Å². The number of aliphatic hydroxyl groups is 1. The van der Waals surface area contributed by atoms with Gasteiger partial charge in [-0.15, -0.1) is 5.10 Å². The van der Waals surface area contributed by atoms with E-state index in [4.69, 9.17) is 0 Å². The van der Waals surface area contributed by atoms with Crippen LogP contribution in [0.3, 0.4) is 0 Å². The lowest BCUT2D eigenvalue weighted by Gasteiger charge is -2.34. The first kappa shape index (κ1) is 9.40. The molecule has 14 heavy (non-hydrogen) atoms. The van der Waals surface area contributed by atoms with E-state index in [9.17, 15) is 5.11 Å². The highest BCUT2D eigenvalue weighted by atomic mass is 16.3. The van der Waals surface area contributed by atoms with E-state index in [0.29, 0.717) is 5.92 Å². The zero-order chi connectivity index (χ0) is 9.97. The maximum atomic E-state index is 9.58. The van der Waals surface area contributed by atoms with Gasteiger partial charge >= 0.3 is 0 Å². The number of anilines is 1. The first-order valence-electron chi connectivity index (χ1n) is 4.98. The van der Waals surface area contributed by atoms with E-state index in [0.717, 1.165) is 25.3 Å². The molecule has 0 saturated carbocycles. The minimum Gasteiger partial charge on any atom is -0.393 e. The molecule has 1 aromatic rings. The second kappa shape index (κ2) is 3.92. The molecule has 1 aliphatic heterocycles. The summed E-state index contributed by atoms with van der Waals surface area (Å²) >= 11 is 0. The summed E-state index contributed by atoms with van der Waals surface area (Å²) < 4.78 is 0. The minimum atomic E-state index is -0.164. The van der Waals surface area contributed by atoms with Crippen molar-refractivity contribution in [3.05, 3.63) is 18.3 Å². The smallest absolute Gasteiger partial charge is 0.151 e. The Bertz CT molecular complexity index is 291. The van der Waals surface area contributed by atoms with Gasteiger partial charge in [0.25, 0.3) is 0 Å². The fourth-order valence-corrected chi connectivity index (χ4v) is 1.80. The highest BCUT2D eigenvalue weighted by Gasteiger charge is 2.24. The molecule has 0 amide bonds. The van der Waals surface area contributed by atoms with Gasteiger partial charge in [0.15, 0.2) is 5.82 Å². The molecule has 2 heterocycles. The third kappa shape index (κ3) is 1.85. The second-order valence-electron chi connectivity index (χ2n) is 3.86. The van der Waals surface area contributed by atoms with E-state index in [1.807, 2.05) is 12.1 Å². The van der Waals surface area contributed by atoms with Crippen molar-refractivity contribution in [1.29, 1.82) is 0 Å². The van der Waals surface area contributed by atoms with Crippen molar-refractivity contribution in [3.8, 4) is 0 Å². The lowest BCUT2D eigenvalue weighted by molar-refractivity contribution is 0.0968.